The average Bonchev–Trinajstić information content (AvgIpc) is 2.55. The Labute approximate surface area is 149 Å². The third-order valence-electron chi connectivity index (χ3n) is 3.96. The average molecular weight is 370 g/mol. The van der Waals surface area contributed by atoms with Gasteiger partial charge in [0, 0.05) is 19.1 Å². The van der Waals surface area contributed by atoms with Gasteiger partial charge in [-0.3, -0.25) is 4.79 Å². The predicted molar refractivity (Wildman–Crippen MR) is 95.7 cm³/mol. The van der Waals surface area contributed by atoms with Crippen LogP contribution in [0.25, 0.3) is 0 Å². The standard InChI is InChI=1S/C17H26N2O5S/c1-4-23-14-6-7-16(24-5-2)15(12-14)17(20)19-10-8-13(9-11-19)18-25(3,21)22/h6-7,12-13,18H,4-5,8-11H2,1-3H3. The molecule has 1 aromatic carbocycles. The molecule has 1 fully saturated rings. The topological polar surface area (TPSA) is 84.9 Å². The number of nitrogens with zero attached hydrogens (tertiary/aromatic N) is 1. The summed E-state index contributed by atoms with van der Waals surface area (Å²) in [6.45, 7) is 5.73. The van der Waals surface area contributed by atoms with Crippen molar-refractivity contribution in [3.05, 3.63) is 23.8 Å². The summed E-state index contributed by atoms with van der Waals surface area (Å²) in [4.78, 5) is 14.6. The van der Waals surface area contributed by atoms with E-state index in [-0.39, 0.29) is 11.9 Å². The largest absolute Gasteiger partial charge is 0.494 e. The zero-order chi connectivity index (χ0) is 18.4. The van der Waals surface area contributed by atoms with Crippen LogP contribution in [0.4, 0.5) is 0 Å². The lowest BCUT2D eigenvalue weighted by atomic mass is 10.0. The van der Waals surface area contributed by atoms with Crippen LogP contribution in [0.5, 0.6) is 11.5 Å². The lowest BCUT2D eigenvalue weighted by molar-refractivity contribution is 0.0706. The van der Waals surface area contributed by atoms with Crippen LogP contribution in [0.2, 0.25) is 0 Å². The van der Waals surface area contributed by atoms with Crippen LogP contribution in [0.15, 0.2) is 18.2 Å². The number of rotatable bonds is 7. The molecule has 1 amide bonds. The highest BCUT2D eigenvalue weighted by Crippen LogP contribution is 2.27. The van der Waals surface area contributed by atoms with Gasteiger partial charge in [0.15, 0.2) is 0 Å². The summed E-state index contributed by atoms with van der Waals surface area (Å²) in [7, 11) is -3.23. The molecule has 25 heavy (non-hydrogen) atoms. The highest BCUT2D eigenvalue weighted by molar-refractivity contribution is 7.88. The lowest BCUT2D eigenvalue weighted by Crippen LogP contribution is -2.46. The molecule has 0 atom stereocenters. The van der Waals surface area contributed by atoms with Crippen molar-refractivity contribution in [1.29, 1.82) is 0 Å². The first-order valence-electron chi connectivity index (χ1n) is 8.50. The Bertz CT molecular complexity index is 697. The van der Waals surface area contributed by atoms with Crippen molar-refractivity contribution >= 4 is 15.9 Å². The molecular weight excluding hydrogens is 344 g/mol. The Hall–Kier alpha value is -1.80. The molecule has 1 aliphatic heterocycles. The molecule has 1 heterocycles. The second-order valence-corrected chi connectivity index (χ2v) is 7.76. The molecule has 0 bridgehead atoms. The number of piperidine rings is 1. The van der Waals surface area contributed by atoms with Gasteiger partial charge in [-0.1, -0.05) is 0 Å². The summed E-state index contributed by atoms with van der Waals surface area (Å²) in [5.41, 5.74) is 0.474. The van der Waals surface area contributed by atoms with Gasteiger partial charge in [-0.25, -0.2) is 13.1 Å². The van der Waals surface area contributed by atoms with Crippen LogP contribution in [0.3, 0.4) is 0 Å². The van der Waals surface area contributed by atoms with Crippen molar-refractivity contribution in [2.45, 2.75) is 32.7 Å². The van der Waals surface area contributed by atoms with E-state index in [0.717, 1.165) is 6.26 Å². The molecule has 1 N–H and O–H groups in total. The van der Waals surface area contributed by atoms with E-state index in [0.29, 0.717) is 56.2 Å². The van der Waals surface area contributed by atoms with Crippen LogP contribution in [0.1, 0.15) is 37.0 Å². The summed E-state index contributed by atoms with van der Waals surface area (Å²) < 4.78 is 36.3. The van der Waals surface area contributed by atoms with Crippen molar-refractivity contribution < 1.29 is 22.7 Å². The van der Waals surface area contributed by atoms with Gasteiger partial charge in [0.25, 0.3) is 5.91 Å². The number of hydrogen-bond donors (Lipinski definition) is 1. The van der Waals surface area contributed by atoms with E-state index in [9.17, 15) is 13.2 Å². The fourth-order valence-electron chi connectivity index (χ4n) is 2.89. The monoisotopic (exact) mass is 370 g/mol. The summed E-state index contributed by atoms with van der Waals surface area (Å²) in [6, 6.07) is 5.12. The number of amides is 1. The van der Waals surface area contributed by atoms with Crippen LogP contribution < -0.4 is 14.2 Å². The minimum absolute atomic E-state index is 0.122. The number of hydrogen-bond acceptors (Lipinski definition) is 5. The highest BCUT2D eigenvalue weighted by atomic mass is 32.2. The quantitative estimate of drug-likeness (QED) is 0.789. The number of sulfonamides is 1. The van der Waals surface area contributed by atoms with E-state index in [1.54, 1.807) is 23.1 Å². The molecule has 0 radical (unpaired) electrons. The van der Waals surface area contributed by atoms with Gasteiger partial charge in [-0.15, -0.1) is 0 Å². The fraction of sp³-hybridized carbons (Fsp3) is 0.588. The molecule has 1 aliphatic rings. The van der Waals surface area contributed by atoms with Crippen LogP contribution in [-0.2, 0) is 10.0 Å². The predicted octanol–water partition coefficient (Wildman–Crippen LogP) is 1.64. The van der Waals surface area contributed by atoms with Crippen molar-refractivity contribution in [2.75, 3.05) is 32.6 Å². The second-order valence-electron chi connectivity index (χ2n) is 5.98. The summed E-state index contributed by atoms with van der Waals surface area (Å²) >= 11 is 0. The van der Waals surface area contributed by atoms with Gasteiger partial charge in [0.1, 0.15) is 11.5 Å². The highest BCUT2D eigenvalue weighted by Gasteiger charge is 2.27. The van der Waals surface area contributed by atoms with E-state index in [4.69, 9.17) is 9.47 Å². The zero-order valence-corrected chi connectivity index (χ0v) is 15.8. The molecule has 0 spiro atoms. The normalized spacial score (nSPS) is 15.9. The van der Waals surface area contributed by atoms with Gasteiger partial charge in [-0.2, -0.15) is 0 Å². The molecule has 1 aromatic rings. The maximum absolute atomic E-state index is 12.9. The first kappa shape index (κ1) is 19.5. The van der Waals surface area contributed by atoms with Gasteiger partial charge in [0.2, 0.25) is 10.0 Å². The maximum Gasteiger partial charge on any atom is 0.257 e. The Morgan fingerprint density at radius 1 is 1.20 bits per heavy atom. The fourth-order valence-corrected chi connectivity index (χ4v) is 3.73. The Morgan fingerprint density at radius 2 is 1.84 bits per heavy atom. The molecular formula is C17H26N2O5S. The molecule has 0 aliphatic carbocycles. The third-order valence-corrected chi connectivity index (χ3v) is 4.72. The minimum atomic E-state index is -3.23. The minimum Gasteiger partial charge on any atom is -0.494 e. The van der Waals surface area contributed by atoms with Gasteiger partial charge >= 0.3 is 0 Å². The van der Waals surface area contributed by atoms with E-state index in [1.807, 2.05) is 13.8 Å². The molecule has 140 valence electrons. The smallest absolute Gasteiger partial charge is 0.257 e. The number of carbonyl (C=O) groups is 1. The first-order valence-corrected chi connectivity index (χ1v) is 10.4. The number of ether oxygens (including phenoxy) is 2. The maximum atomic E-state index is 12.9. The van der Waals surface area contributed by atoms with E-state index in [2.05, 4.69) is 4.72 Å². The molecule has 0 saturated carbocycles. The van der Waals surface area contributed by atoms with Crippen LogP contribution >= 0.6 is 0 Å². The van der Waals surface area contributed by atoms with Crippen molar-refractivity contribution in [3.63, 3.8) is 0 Å². The second kappa shape index (κ2) is 8.53. The van der Waals surface area contributed by atoms with E-state index >= 15 is 0 Å². The molecule has 1 saturated heterocycles. The molecule has 0 unspecified atom stereocenters. The van der Waals surface area contributed by atoms with E-state index in [1.165, 1.54) is 0 Å². The van der Waals surface area contributed by atoms with Crippen molar-refractivity contribution in [3.8, 4) is 11.5 Å². The number of benzene rings is 1. The third kappa shape index (κ3) is 5.61. The Balaban J connectivity index is 2.10. The van der Waals surface area contributed by atoms with Crippen LogP contribution in [0, 0.1) is 0 Å². The molecule has 2 rings (SSSR count). The lowest BCUT2D eigenvalue weighted by Gasteiger charge is -2.32. The summed E-state index contributed by atoms with van der Waals surface area (Å²) in [5.74, 6) is 1.04. The molecule has 0 aromatic heterocycles. The van der Waals surface area contributed by atoms with E-state index < -0.39 is 10.0 Å². The van der Waals surface area contributed by atoms with Gasteiger partial charge in [0.05, 0.1) is 25.0 Å². The Kier molecular flexibility index (Phi) is 6.66. The Morgan fingerprint density at radius 3 is 2.40 bits per heavy atom. The van der Waals surface area contributed by atoms with Crippen molar-refractivity contribution in [1.82, 2.24) is 9.62 Å². The van der Waals surface area contributed by atoms with Crippen molar-refractivity contribution in [2.24, 2.45) is 0 Å². The SMILES string of the molecule is CCOc1ccc(OCC)c(C(=O)N2CCC(NS(C)(=O)=O)CC2)c1. The number of likely N-dealkylation sites (tertiary alicyclic amines) is 1. The number of carbonyl (C=O) groups excluding carboxylic acids is 1. The summed E-state index contributed by atoms with van der Waals surface area (Å²) in [5, 5.41) is 0. The molecule has 7 nitrogen and oxygen atoms in total. The zero-order valence-electron chi connectivity index (χ0n) is 14.9. The molecule has 8 heteroatoms. The van der Waals surface area contributed by atoms with Crippen LogP contribution in [-0.4, -0.2) is 57.8 Å². The summed E-state index contributed by atoms with van der Waals surface area (Å²) in [6.07, 6.45) is 2.33. The van der Waals surface area contributed by atoms with Gasteiger partial charge in [-0.05, 0) is 44.9 Å². The van der Waals surface area contributed by atoms with Gasteiger partial charge < -0.3 is 14.4 Å². The first-order chi connectivity index (χ1) is 11.8. The number of nitrogens with one attached hydrogen (secondary N) is 1.